The number of likely N-dealkylation sites (N-methyl/N-ethyl adjacent to an activating group) is 1. The van der Waals surface area contributed by atoms with Crippen LogP contribution in [-0.2, 0) is 28.7 Å². The number of esters is 1. The van der Waals surface area contributed by atoms with E-state index in [2.05, 4.69) is 55.5 Å². The molecule has 4 atom stereocenters. The van der Waals surface area contributed by atoms with E-state index < -0.39 is 11.5 Å². The van der Waals surface area contributed by atoms with Crippen LogP contribution in [0.3, 0.4) is 0 Å². The average Bonchev–Trinajstić information content (AvgIpc) is 3.17. The van der Waals surface area contributed by atoms with Gasteiger partial charge in [0.2, 0.25) is 11.8 Å². The van der Waals surface area contributed by atoms with Gasteiger partial charge < -0.3 is 40.1 Å². The van der Waals surface area contributed by atoms with Gasteiger partial charge in [-0.2, -0.15) is 0 Å². The molecule has 3 N–H and O–H groups in total. The number of nitrogens with zero attached hydrogens (tertiary/aromatic N) is 3. The molecule has 13 nitrogen and oxygen atoms in total. The standard InChI is InChI=1S/C43H78N6O7/c1-9-47(10-2)26-27-56-40(52)23-25-49(41(53)33-15-13-16-36(28-33)55-8)30-39(51)48(24-22-31(3)4)29-38(50)43(6,7)46-35-20-18-34(19-21-35)44-42(54)45-37-17-12-11-14-32(37)5/h31-37,46H,9-30H2,1-8H3,(H2,44,45,54). The average molecular weight is 791 g/mol. The summed E-state index contributed by atoms with van der Waals surface area (Å²) in [6.45, 7) is 17.1. The topological polar surface area (TPSA) is 150 Å². The summed E-state index contributed by atoms with van der Waals surface area (Å²) in [7, 11) is 1.66. The molecule has 4 unspecified atom stereocenters. The number of nitrogens with one attached hydrogen (secondary N) is 3. The van der Waals surface area contributed by atoms with Crippen LogP contribution in [0.1, 0.15) is 138 Å². The summed E-state index contributed by atoms with van der Waals surface area (Å²) >= 11 is 0. The van der Waals surface area contributed by atoms with Crippen molar-refractivity contribution in [2.24, 2.45) is 17.8 Å². The monoisotopic (exact) mass is 791 g/mol. The smallest absolute Gasteiger partial charge is 0.315 e. The minimum Gasteiger partial charge on any atom is -0.464 e. The zero-order chi connectivity index (χ0) is 41.3. The van der Waals surface area contributed by atoms with Crippen LogP contribution in [-0.4, -0.2) is 134 Å². The molecule has 13 heteroatoms. The lowest BCUT2D eigenvalue weighted by atomic mass is 9.86. The molecular weight excluding hydrogens is 713 g/mol. The summed E-state index contributed by atoms with van der Waals surface area (Å²) in [5, 5.41) is 9.96. The first-order valence-corrected chi connectivity index (χ1v) is 22.0. The number of rotatable bonds is 22. The molecule has 0 aromatic carbocycles. The van der Waals surface area contributed by atoms with Gasteiger partial charge in [0.25, 0.3) is 0 Å². The molecule has 0 radical (unpaired) electrons. The summed E-state index contributed by atoms with van der Waals surface area (Å²) in [6.07, 6.45) is 11.6. The van der Waals surface area contributed by atoms with Crippen molar-refractivity contribution >= 4 is 29.6 Å². The van der Waals surface area contributed by atoms with Gasteiger partial charge in [-0.25, -0.2) is 4.79 Å². The number of ketones is 1. The quantitative estimate of drug-likeness (QED) is 0.124. The SMILES string of the molecule is CCN(CC)CCOC(=O)CCN(CC(=O)N(CCC(C)C)CC(=O)C(C)(C)NC1CCC(NC(=O)NC2CCCCC2C)CC1)C(=O)C1CCCC(OC)C1. The maximum Gasteiger partial charge on any atom is 0.315 e. The van der Waals surface area contributed by atoms with Crippen molar-refractivity contribution in [2.75, 3.05) is 59.5 Å². The van der Waals surface area contributed by atoms with Crippen LogP contribution in [0.2, 0.25) is 0 Å². The largest absolute Gasteiger partial charge is 0.464 e. The number of carbonyl (C=O) groups is 5. The van der Waals surface area contributed by atoms with E-state index in [1.165, 1.54) is 11.3 Å². The maximum absolute atomic E-state index is 14.1. The molecule has 3 rings (SSSR count). The highest BCUT2D eigenvalue weighted by Gasteiger charge is 2.36. The molecule has 322 valence electrons. The van der Waals surface area contributed by atoms with Crippen molar-refractivity contribution in [1.29, 1.82) is 0 Å². The maximum atomic E-state index is 14.1. The predicted octanol–water partition coefficient (Wildman–Crippen LogP) is 5.30. The molecule has 56 heavy (non-hydrogen) atoms. The van der Waals surface area contributed by atoms with Gasteiger partial charge in [0, 0.05) is 50.8 Å². The third kappa shape index (κ3) is 16.2. The minimum absolute atomic E-state index is 0.0122. The van der Waals surface area contributed by atoms with Crippen molar-refractivity contribution in [3.05, 3.63) is 0 Å². The fourth-order valence-electron chi connectivity index (χ4n) is 8.47. The highest BCUT2D eigenvalue weighted by molar-refractivity contribution is 5.93. The van der Waals surface area contributed by atoms with Crippen LogP contribution in [0, 0.1) is 17.8 Å². The van der Waals surface area contributed by atoms with E-state index in [4.69, 9.17) is 9.47 Å². The van der Waals surface area contributed by atoms with E-state index in [9.17, 15) is 24.0 Å². The number of Topliss-reactive ketones (excluding diaryl/α,β-unsaturated/α-hetero) is 1. The third-order valence-corrected chi connectivity index (χ3v) is 12.5. The van der Waals surface area contributed by atoms with Crippen LogP contribution >= 0.6 is 0 Å². The lowest BCUT2D eigenvalue weighted by Crippen LogP contribution is -2.57. The van der Waals surface area contributed by atoms with Crippen LogP contribution in [0.4, 0.5) is 4.79 Å². The van der Waals surface area contributed by atoms with Gasteiger partial charge in [-0.15, -0.1) is 0 Å². The van der Waals surface area contributed by atoms with Crippen LogP contribution in [0.5, 0.6) is 0 Å². The number of carbonyl (C=O) groups excluding carboxylic acids is 5. The summed E-state index contributed by atoms with van der Waals surface area (Å²) in [6, 6.07) is 0.371. The molecule has 3 saturated carbocycles. The molecule has 3 aliphatic rings. The Hall–Kier alpha value is -2.77. The van der Waals surface area contributed by atoms with Crippen molar-refractivity contribution in [2.45, 2.75) is 168 Å². The Morgan fingerprint density at radius 3 is 2.11 bits per heavy atom. The van der Waals surface area contributed by atoms with Crippen LogP contribution < -0.4 is 16.0 Å². The van der Waals surface area contributed by atoms with Crippen molar-refractivity contribution in [3.63, 3.8) is 0 Å². The molecule has 3 fully saturated rings. The number of ether oxygens (including phenoxy) is 2. The highest BCUT2D eigenvalue weighted by atomic mass is 16.5. The van der Waals surface area contributed by atoms with E-state index in [1.807, 2.05) is 13.8 Å². The van der Waals surface area contributed by atoms with Crippen molar-refractivity contribution < 1.29 is 33.4 Å². The molecule has 0 aromatic rings. The van der Waals surface area contributed by atoms with Gasteiger partial charge in [-0.1, -0.05) is 53.9 Å². The second-order valence-corrected chi connectivity index (χ2v) is 17.7. The molecule has 0 aromatic heterocycles. The van der Waals surface area contributed by atoms with Gasteiger partial charge in [-0.05, 0) is 103 Å². The fourth-order valence-corrected chi connectivity index (χ4v) is 8.47. The second kappa shape index (κ2) is 24.2. The van der Waals surface area contributed by atoms with E-state index in [1.54, 1.807) is 12.0 Å². The Kier molecular flexibility index (Phi) is 20.6. The van der Waals surface area contributed by atoms with E-state index in [0.717, 1.165) is 70.9 Å². The lowest BCUT2D eigenvalue weighted by Gasteiger charge is -2.37. The van der Waals surface area contributed by atoms with Gasteiger partial charge in [0.1, 0.15) is 6.61 Å². The van der Waals surface area contributed by atoms with Gasteiger partial charge in [0.05, 0.1) is 31.2 Å². The summed E-state index contributed by atoms with van der Waals surface area (Å²) in [4.78, 5) is 73.0. The molecule has 0 bridgehead atoms. The summed E-state index contributed by atoms with van der Waals surface area (Å²) in [5.41, 5.74) is -0.891. The zero-order valence-electron chi connectivity index (χ0n) is 36.3. The van der Waals surface area contributed by atoms with Crippen LogP contribution in [0.25, 0.3) is 0 Å². The summed E-state index contributed by atoms with van der Waals surface area (Å²) in [5.74, 6) is -0.441. The molecule has 0 aliphatic heterocycles. The van der Waals surface area contributed by atoms with Crippen LogP contribution in [0.15, 0.2) is 0 Å². The van der Waals surface area contributed by atoms with Crippen molar-refractivity contribution in [1.82, 2.24) is 30.7 Å². The lowest BCUT2D eigenvalue weighted by molar-refractivity contribution is -0.149. The normalized spacial score (nSPS) is 24.4. The third-order valence-electron chi connectivity index (χ3n) is 12.5. The fraction of sp³-hybridized carbons (Fsp3) is 0.884. The minimum atomic E-state index is -0.891. The van der Waals surface area contributed by atoms with Gasteiger partial charge in [0.15, 0.2) is 5.78 Å². The molecule has 4 amide bonds. The Labute approximate surface area is 338 Å². The van der Waals surface area contributed by atoms with E-state index in [0.29, 0.717) is 44.2 Å². The Morgan fingerprint density at radius 1 is 0.786 bits per heavy atom. The molecular formula is C43H78N6O7. The molecule has 0 spiro atoms. The van der Waals surface area contributed by atoms with Gasteiger partial charge in [-0.3, -0.25) is 19.2 Å². The first-order valence-electron chi connectivity index (χ1n) is 22.0. The number of methoxy groups -OCH3 is 1. The van der Waals surface area contributed by atoms with E-state index >= 15 is 0 Å². The first kappa shape index (κ1) is 47.6. The first-order chi connectivity index (χ1) is 26.6. The zero-order valence-corrected chi connectivity index (χ0v) is 36.3. The Bertz CT molecular complexity index is 1240. The van der Waals surface area contributed by atoms with E-state index in [-0.39, 0.29) is 86.4 Å². The number of amides is 4. The Morgan fingerprint density at radius 2 is 1.46 bits per heavy atom. The number of hydrogen-bond donors (Lipinski definition) is 3. The van der Waals surface area contributed by atoms with Crippen molar-refractivity contribution in [3.8, 4) is 0 Å². The number of hydrogen-bond acceptors (Lipinski definition) is 9. The molecule has 0 saturated heterocycles. The molecule has 3 aliphatic carbocycles. The molecule has 0 heterocycles. The highest BCUT2D eigenvalue weighted by Crippen LogP contribution is 2.28. The Balaban J connectivity index is 1.61. The number of urea groups is 1. The van der Waals surface area contributed by atoms with Gasteiger partial charge >= 0.3 is 12.0 Å². The predicted molar refractivity (Wildman–Crippen MR) is 220 cm³/mol. The summed E-state index contributed by atoms with van der Waals surface area (Å²) < 4.78 is 11.1. The second-order valence-electron chi connectivity index (χ2n) is 17.7.